The van der Waals surface area contributed by atoms with Gasteiger partial charge in [0.2, 0.25) is 0 Å². The van der Waals surface area contributed by atoms with E-state index in [2.05, 4.69) is 6.92 Å². The number of rotatable bonds is 1. The first-order valence-corrected chi connectivity index (χ1v) is 10.1. The smallest absolute Gasteiger partial charge is 0.172 e. The second kappa shape index (κ2) is 5.41. The Balaban J connectivity index is 1.41. The standard InChI is InChI=1S/C21H30O3/c1-20-6-4-17-16-5-7-21(23-8-9-24-21)12-15(16)2-3-18(17)19(20)10-14(11-20)13-22/h13-14,17-19H,2-12H2,1H3/t14?,17-,18-,19+,20-/m1/s1. The number of hydrogen-bond acceptors (Lipinski definition) is 3. The van der Waals surface area contributed by atoms with Crippen molar-refractivity contribution in [1.82, 2.24) is 0 Å². The van der Waals surface area contributed by atoms with E-state index in [0.29, 0.717) is 11.3 Å². The van der Waals surface area contributed by atoms with E-state index < -0.39 is 0 Å². The largest absolute Gasteiger partial charge is 0.347 e. The molecule has 0 aromatic rings. The molecule has 0 radical (unpaired) electrons. The second-order valence-electron chi connectivity index (χ2n) is 9.36. The molecule has 1 spiro atoms. The van der Waals surface area contributed by atoms with E-state index in [1.807, 2.05) is 0 Å². The van der Waals surface area contributed by atoms with E-state index in [4.69, 9.17) is 9.47 Å². The van der Waals surface area contributed by atoms with Crippen molar-refractivity contribution in [2.75, 3.05) is 13.2 Å². The van der Waals surface area contributed by atoms with Crippen LogP contribution in [0.5, 0.6) is 0 Å². The minimum Gasteiger partial charge on any atom is -0.347 e. The lowest BCUT2D eigenvalue weighted by Gasteiger charge is -2.51. The highest BCUT2D eigenvalue weighted by molar-refractivity contribution is 5.54. The van der Waals surface area contributed by atoms with Crippen LogP contribution in [-0.4, -0.2) is 25.3 Å². The summed E-state index contributed by atoms with van der Waals surface area (Å²) in [5.41, 5.74) is 3.86. The van der Waals surface area contributed by atoms with Crippen LogP contribution in [0.2, 0.25) is 0 Å². The number of hydrogen-bond donors (Lipinski definition) is 0. The Bertz CT molecular complexity index is 574. The molecule has 1 aliphatic heterocycles. The van der Waals surface area contributed by atoms with Gasteiger partial charge < -0.3 is 14.3 Å². The van der Waals surface area contributed by atoms with Crippen molar-refractivity contribution in [3.8, 4) is 0 Å². The Morgan fingerprint density at radius 1 is 1.12 bits per heavy atom. The Morgan fingerprint density at radius 2 is 1.96 bits per heavy atom. The summed E-state index contributed by atoms with van der Waals surface area (Å²) >= 11 is 0. The average Bonchev–Trinajstić information content (AvgIpc) is 3.18. The van der Waals surface area contributed by atoms with Gasteiger partial charge >= 0.3 is 0 Å². The molecule has 0 N–H and O–H groups in total. The predicted octanol–water partition coefficient (Wildman–Crippen LogP) is 4.26. The van der Waals surface area contributed by atoms with Gasteiger partial charge in [-0.05, 0) is 68.1 Å². The molecule has 3 heteroatoms. The summed E-state index contributed by atoms with van der Waals surface area (Å²) in [6.07, 6.45) is 12.0. The van der Waals surface area contributed by atoms with Crippen molar-refractivity contribution < 1.29 is 14.3 Å². The fourth-order valence-electron chi connectivity index (χ4n) is 7.15. The monoisotopic (exact) mass is 330 g/mol. The number of ether oxygens (including phenoxy) is 2. The van der Waals surface area contributed by atoms with Crippen molar-refractivity contribution in [3.63, 3.8) is 0 Å². The molecular formula is C21H30O3. The Labute approximate surface area is 145 Å². The normalized spacial score (nSPS) is 46.5. The summed E-state index contributed by atoms with van der Waals surface area (Å²) in [7, 11) is 0. The Hall–Kier alpha value is -0.670. The van der Waals surface area contributed by atoms with Gasteiger partial charge in [-0.3, -0.25) is 0 Å². The minimum atomic E-state index is -0.273. The van der Waals surface area contributed by atoms with Crippen LogP contribution in [0.15, 0.2) is 11.1 Å². The molecule has 5 rings (SSSR count). The van der Waals surface area contributed by atoms with E-state index in [0.717, 1.165) is 56.7 Å². The van der Waals surface area contributed by atoms with Crippen molar-refractivity contribution >= 4 is 6.29 Å². The number of aldehydes is 1. The first-order valence-electron chi connectivity index (χ1n) is 10.1. The summed E-state index contributed by atoms with van der Waals surface area (Å²) in [5.74, 6) is 2.44. The predicted molar refractivity (Wildman–Crippen MR) is 91.3 cm³/mol. The topological polar surface area (TPSA) is 35.5 Å². The lowest BCUT2D eigenvalue weighted by atomic mass is 9.54. The third-order valence-corrected chi connectivity index (χ3v) is 8.19. The van der Waals surface area contributed by atoms with Crippen molar-refractivity contribution in [2.24, 2.45) is 29.1 Å². The van der Waals surface area contributed by atoms with Gasteiger partial charge in [-0.15, -0.1) is 0 Å². The van der Waals surface area contributed by atoms with Gasteiger partial charge in [0.1, 0.15) is 6.29 Å². The Kier molecular flexibility index (Phi) is 3.51. The van der Waals surface area contributed by atoms with Crippen LogP contribution in [0.4, 0.5) is 0 Å². The molecule has 5 aliphatic rings. The lowest BCUT2D eigenvalue weighted by molar-refractivity contribution is -0.165. The molecule has 3 nitrogen and oxygen atoms in total. The van der Waals surface area contributed by atoms with E-state index in [1.165, 1.54) is 38.4 Å². The molecular weight excluding hydrogens is 300 g/mol. The van der Waals surface area contributed by atoms with E-state index in [-0.39, 0.29) is 5.79 Å². The summed E-state index contributed by atoms with van der Waals surface area (Å²) in [5, 5.41) is 0. The number of fused-ring (bicyclic) bond motifs is 4. The minimum absolute atomic E-state index is 0.273. The van der Waals surface area contributed by atoms with Gasteiger partial charge in [-0.1, -0.05) is 18.1 Å². The first-order chi connectivity index (χ1) is 11.6. The highest BCUT2D eigenvalue weighted by Crippen LogP contribution is 2.62. The summed E-state index contributed by atoms with van der Waals surface area (Å²) in [4.78, 5) is 11.4. The SMILES string of the molecule is C[C@]12CC[C@@H]3C4=C(CC[C@H]3[C@@H]1CC(C=O)C2)CC1(CC4)OCCO1. The highest BCUT2D eigenvalue weighted by atomic mass is 16.7. The molecule has 132 valence electrons. The van der Waals surface area contributed by atoms with Gasteiger partial charge in [-0.25, -0.2) is 0 Å². The van der Waals surface area contributed by atoms with Crippen molar-refractivity contribution in [2.45, 2.75) is 70.5 Å². The summed E-state index contributed by atoms with van der Waals surface area (Å²) in [6.45, 7) is 4.00. The first kappa shape index (κ1) is 15.6. The summed E-state index contributed by atoms with van der Waals surface area (Å²) in [6, 6.07) is 0. The van der Waals surface area contributed by atoms with Gasteiger partial charge in [0.15, 0.2) is 5.79 Å². The van der Waals surface area contributed by atoms with Crippen LogP contribution in [-0.2, 0) is 14.3 Å². The maximum Gasteiger partial charge on any atom is 0.172 e. The van der Waals surface area contributed by atoms with E-state index in [9.17, 15) is 4.79 Å². The number of carbonyl (C=O) groups excluding carboxylic acids is 1. The van der Waals surface area contributed by atoms with Crippen molar-refractivity contribution in [3.05, 3.63) is 11.1 Å². The third kappa shape index (κ3) is 2.20. The molecule has 24 heavy (non-hydrogen) atoms. The van der Waals surface area contributed by atoms with Gasteiger partial charge in [0.25, 0.3) is 0 Å². The fourth-order valence-corrected chi connectivity index (χ4v) is 7.15. The van der Waals surface area contributed by atoms with Crippen LogP contribution < -0.4 is 0 Å². The number of carbonyl (C=O) groups is 1. The van der Waals surface area contributed by atoms with Crippen LogP contribution in [0.3, 0.4) is 0 Å². The van der Waals surface area contributed by atoms with Crippen LogP contribution in [0.1, 0.15) is 64.7 Å². The average molecular weight is 330 g/mol. The molecule has 5 atom stereocenters. The molecule has 0 aromatic carbocycles. The molecule has 4 aliphatic carbocycles. The van der Waals surface area contributed by atoms with Gasteiger partial charge in [-0.2, -0.15) is 0 Å². The molecule has 0 aromatic heterocycles. The zero-order valence-corrected chi connectivity index (χ0v) is 14.9. The van der Waals surface area contributed by atoms with Crippen molar-refractivity contribution in [1.29, 1.82) is 0 Å². The van der Waals surface area contributed by atoms with Crippen LogP contribution >= 0.6 is 0 Å². The molecule has 1 heterocycles. The highest BCUT2D eigenvalue weighted by Gasteiger charge is 2.54. The molecule has 0 bridgehead atoms. The molecule has 1 unspecified atom stereocenters. The quantitative estimate of drug-likeness (QED) is 0.532. The maximum atomic E-state index is 11.4. The van der Waals surface area contributed by atoms with Crippen LogP contribution in [0, 0.1) is 29.1 Å². The molecule has 2 saturated carbocycles. The lowest BCUT2D eigenvalue weighted by Crippen LogP contribution is -2.43. The number of allylic oxidation sites excluding steroid dienone is 1. The molecule has 3 fully saturated rings. The maximum absolute atomic E-state index is 11.4. The fraction of sp³-hybridized carbons (Fsp3) is 0.857. The van der Waals surface area contributed by atoms with Crippen LogP contribution in [0.25, 0.3) is 0 Å². The molecule has 0 amide bonds. The van der Waals surface area contributed by atoms with Gasteiger partial charge in [0, 0.05) is 18.8 Å². The van der Waals surface area contributed by atoms with E-state index in [1.54, 1.807) is 11.1 Å². The second-order valence-corrected chi connectivity index (χ2v) is 9.36. The third-order valence-electron chi connectivity index (χ3n) is 8.19. The zero-order valence-electron chi connectivity index (χ0n) is 14.9. The van der Waals surface area contributed by atoms with E-state index >= 15 is 0 Å². The zero-order chi connectivity index (χ0) is 16.4. The Morgan fingerprint density at radius 3 is 2.75 bits per heavy atom. The molecule has 1 saturated heterocycles. The van der Waals surface area contributed by atoms with Gasteiger partial charge in [0.05, 0.1) is 13.2 Å². The summed E-state index contributed by atoms with van der Waals surface area (Å²) < 4.78 is 12.0.